The molecule has 0 amide bonds. The van der Waals surface area contributed by atoms with Crippen LogP contribution in [0.25, 0.3) is 0 Å². The molecule has 0 radical (unpaired) electrons. The van der Waals surface area contributed by atoms with Crippen LogP contribution in [0.4, 0.5) is 13.2 Å². The largest absolute Gasteiger partial charge is 0.432 e. The summed E-state index contributed by atoms with van der Waals surface area (Å²) in [6.07, 6.45) is 16.1. The number of ether oxygens (including phenoxy) is 1. The van der Waals surface area contributed by atoms with Gasteiger partial charge in [-0.1, -0.05) is 31.7 Å². The van der Waals surface area contributed by atoms with E-state index in [0.717, 1.165) is 42.1 Å². The Hall–Kier alpha value is -1.19. The van der Waals surface area contributed by atoms with Crippen molar-refractivity contribution in [3.8, 4) is 5.75 Å². The van der Waals surface area contributed by atoms with Gasteiger partial charge in [-0.3, -0.25) is 0 Å². The van der Waals surface area contributed by atoms with Crippen molar-refractivity contribution >= 4 is 0 Å². The van der Waals surface area contributed by atoms with E-state index in [-0.39, 0.29) is 5.75 Å². The summed E-state index contributed by atoms with van der Waals surface area (Å²) in [5.41, 5.74) is 0.933. The van der Waals surface area contributed by atoms with Gasteiger partial charge in [0, 0.05) is 0 Å². The number of rotatable bonds is 5. The van der Waals surface area contributed by atoms with Crippen molar-refractivity contribution < 1.29 is 17.9 Å². The van der Waals surface area contributed by atoms with Crippen molar-refractivity contribution in [2.24, 2.45) is 23.7 Å². The molecule has 0 spiro atoms. The Balaban J connectivity index is 1.26. The molecule has 0 N–H and O–H groups in total. The van der Waals surface area contributed by atoms with E-state index >= 15 is 0 Å². The Kier molecular flexibility index (Phi) is 6.52. The molecule has 3 aliphatic carbocycles. The van der Waals surface area contributed by atoms with Crippen LogP contribution < -0.4 is 4.74 Å². The second-order valence-electron chi connectivity index (χ2n) is 9.40. The highest BCUT2D eigenvalue weighted by molar-refractivity contribution is 5.31. The van der Waals surface area contributed by atoms with Gasteiger partial charge in [0.05, 0.1) is 0 Å². The van der Waals surface area contributed by atoms with Crippen LogP contribution >= 0.6 is 0 Å². The maximum atomic E-state index is 14.0. The minimum Gasteiger partial charge on any atom is -0.432 e. The molecule has 3 fully saturated rings. The molecular weight excluding hydrogens is 361 g/mol. The lowest BCUT2D eigenvalue weighted by atomic mass is 9.66. The Bertz CT molecular complexity index is 625. The fourth-order valence-electron chi connectivity index (χ4n) is 6.40. The summed E-state index contributed by atoms with van der Waals surface area (Å²) in [5, 5.41) is 0. The lowest BCUT2D eigenvalue weighted by Crippen LogP contribution is -2.27. The molecular formula is C24H33F3O. The summed E-state index contributed by atoms with van der Waals surface area (Å²) in [5.74, 6) is 3.04. The van der Waals surface area contributed by atoms with Crippen molar-refractivity contribution in [3.63, 3.8) is 0 Å². The van der Waals surface area contributed by atoms with Gasteiger partial charge in [0.15, 0.2) is 11.6 Å². The average molecular weight is 395 g/mol. The molecule has 0 saturated heterocycles. The molecule has 1 nitrogen and oxygen atoms in total. The Labute approximate surface area is 167 Å². The minimum atomic E-state index is -2.99. The van der Waals surface area contributed by atoms with Gasteiger partial charge in [0.25, 0.3) is 0 Å². The van der Waals surface area contributed by atoms with E-state index in [4.69, 9.17) is 0 Å². The third-order valence-electron chi connectivity index (χ3n) is 7.96. The van der Waals surface area contributed by atoms with Crippen LogP contribution in [0, 0.1) is 29.5 Å². The van der Waals surface area contributed by atoms with Crippen molar-refractivity contribution in [1.29, 1.82) is 0 Å². The molecule has 28 heavy (non-hydrogen) atoms. The van der Waals surface area contributed by atoms with Gasteiger partial charge < -0.3 is 4.74 Å². The monoisotopic (exact) mass is 394 g/mol. The zero-order valence-corrected chi connectivity index (χ0v) is 16.7. The normalized spacial score (nSPS) is 32.0. The summed E-state index contributed by atoms with van der Waals surface area (Å²) >= 11 is 0. The number of benzene rings is 1. The van der Waals surface area contributed by atoms with Crippen molar-refractivity contribution in [2.75, 3.05) is 0 Å². The van der Waals surface area contributed by atoms with Crippen molar-refractivity contribution in [3.05, 3.63) is 29.6 Å². The van der Waals surface area contributed by atoms with Gasteiger partial charge in [-0.05, 0) is 98.7 Å². The quantitative estimate of drug-likeness (QED) is 0.497. The number of halogens is 3. The van der Waals surface area contributed by atoms with Gasteiger partial charge in [-0.25, -0.2) is 4.39 Å². The van der Waals surface area contributed by atoms with E-state index < -0.39 is 12.4 Å². The van der Waals surface area contributed by atoms with E-state index in [1.807, 2.05) is 0 Å². The summed E-state index contributed by atoms with van der Waals surface area (Å²) < 4.78 is 42.9. The predicted octanol–water partition coefficient (Wildman–Crippen LogP) is 7.70. The summed E-state index contributed by atoms with van der Waals surface area (Å²) in [6, 6.07) is 4.52. The van der Waals surface area contributed by atoms with E-state index in [1.165, 1.54) is 76.3 Å². The summed E-state index contributed by atoms with van der Waals surface area (Å²) in [6.45, 7) is -2.99. The number of hydrogen-bond acceptors (Lipinski definition) is 1. The molecule has 0 aromatic heterocycles. The predicted molar refractivity (Wildman–Crippen MR) is 105 cm³/mol. The molecule has 156 valence electrons. The van der Waals surface area contributed by atoms with Crippen molar-refractivity contribution in [1.82, 2.24) is 0 Å². The first kappa shape index (κ1) is 20.1. The first-order chi connectivity index (χ1) is 13.6. The first-order valence-corrected chi connectivity index (χ1v) is 11.3. The van der Waals surface area contributed by atoms with Crippen LogP contribution in [0.1, 0.15) is 88.5 Å². The zero-order chi connectivity index (χ0) is 19.5. The third kappa shape index (κ3) is 4.68. The van der Waals surface area contributed by atoms with Crippen LogP contribution in [0.2, 0.25) is 0 Å². The Morgan fingerprint density at radius 3 is 1.71 bits per heavy atom. The average Bonchev–Trinajstić information content (AvgIpc) is 3.24. The molecule has 0 aliphatic heterocycles. The lowest BCUT2D eigenvalue weighted by molar-refractivity contribution is -0.0522. The van der Waals surface area contributed by atoms with Crippen LogP contribution in [0.3, 0.4) is 0 Å². The summed E-state index contributed by atoms with van der Waals surface area (Å²) in [4.78, 5) is 0. The second kappa shape index (κ2) is 9.09. The molecule has 3 saturated carbocycles. The topological polar surface area (TPSA) is 9.23 Å². The highest BCUT2D eigenvalue weighted by Gasteiger charge is 2.34. The van der Waals surface area contributed by atoms with E-state index in [1.54, 1.807) is 6.07 Å². The smallest absolute Gasteiger partial charge is 0.387 e. The lowest BCUT2D eigenvalue weighted by Gasteiger charge is -2.39. The molecule has 0 unspecified atom stereocenters. The van der Waals surface area contributed by atoms with E-state index in [2.05, 4.69) is 4.74 Å². The molecule has 0 heterocycles. The molecule has 4 rings (SSSR count). The third-order valence-corrected chi connectivity index (χ3v) is 7.96. The first-order valence-electron chi connectivity index (χ1n) is 11.3. The second-order valence-corrected chi connectivity index (χ2v) is 9.40. The number of hydrogen-bond donors (Lipinski definition) is 0. The van der Waals surface area contributed by atoms with Crippen molar-refractivity contribution in [2.45, 2.75) is 89.6 Å². The van der Waals surface area contributed by atoms with Crippen LogP contribution in [-0.2, 0) is 0 Å². The van der Waals surface area contributed by atoms with Crippen LogP contribution in [0.5, 0.6) is 5.75 Å². The Morgan fingerprint density at radius 2 is 1.21 bits per heavy atom. The summed E-state index contributed by atoms with van der Waals surface area (Å²) in [7, 11) is 0. The molecule has 3 aliphatic rings. The molecule has 1 aromatic carbocycles. The van der Waals surface area contributed by atoms with Gasteiger partial charge >= 0.3 is 6.61 Å². The highest BCUT2D eigenvalue weighted by atomic mass is 19.3. The van der Waals surface area contributed by atoms with Gasteiger partial charge in [0.2, 0.25) is 0 Å². The number of alkyl halides is 2. The SMILES string of the molecule is Fc1cc(C2CCC(C3CCC(C4CCCC4)CC3)CC2)ccc1OC(F)F. The van der Waals surface area contributed by atoms with Gasteiger partial charge in [-0.2, -0.15) is 8.78 Å². The van der Waals surface area contributed by atoms with Crippen LogP contribution in [0.15, 0.2) is 18.2 Å². The fourth-order valence-corrected chi connectivity index (χ4v) is 6.40. The fraction of sp³-hybridized carbons (Fsp3) is 0.750. The standard InChI is InChI=1S/C24H33F3O/c25-22-15-21(13-14-23(22)28-24(26)27)20-11-9-19(10-12-20)18-7-5-17(6-8-18)16-3-1-2-4-16/h13-20,24H,1-12H2. The maximum absolute atomic E-state index is 14.0. The van der Waals surface area contributed by atoms with E-state index in [9.17, 15) is 13.2 Å². The minimum absolute atomic E-state index is 0.348. The zero-order valence-electron chi connectivity index (χ0n) is 16.7. The highest BCUT2D eigenvalue weighted by Crippen LogP contribution is 2.47. The van der Waals surface area contributed by atoms with E-state index in [0.29, 0.717) is 5.92 Å². The Morgan fingerprint density at radius 1 is 0.714 bits per heavy atom. The van der Waals surface area contributed by atoms with Crippen LogP contribution in [-0.4, -0.2) is 6.61 Å². The van der Waals surface area contributed by atoms with Gasteiger partial charge in [0.1, 0.15) is 0 Å². The molecule has 1 aromatic rings. The van der Waals surface area contributed by atoms with Gasteiger partial charge in [-0.15, -0.1) is 0 Å². The maximum Gasteiger partial charge on any atom is 0.387 e. The molecule has 0 bridgehead atoms. The molecule has 0 atom stereocenters. The molecule has 4 heteroatoms.